The maximum Gasteiger partial charge on any atom is 0.416 e. The molecule has 1 atom stereocenters. The number of aromatic nitrogens is 1. The summed E-state index contributed by atoms with van der Waals surface area (Å²) in [6.07, 6.45) is -7.90. The van der Waals surface area contributed by atoms with Gasteiger partial charge in [-0.2, -0.15) is 26.3 Å². The number of hydrogen-bond acceptors (Lipinski definition) is 0. The molecular formula is C22H21F6N. The topological polar surface area (TPSA) is 15.8 Å². The summed E-state index contributed by atoms with van der Waals surface area (Å²) in [4.78, 5) is 2.98. The molecule has 1 unspecified atom stereocenters. The molecule has 0 bridgehead atoms. The van der Waals surface area contributed by atoms with Crippen LogP contribution in [0.3, 0.4) is 0 Å². The first kappa shape index (κ1) is 21.3. The van der Waals surface area contributed by atoms with Crippen LogP contribution in [0, 0.1) is 5.92 Å². The summed E-state index contributed by atoms with van der Waals surface area (Å²) in [5.41, 5.74) is -0.398. The Hall–Kier alpha value is -2.44. The molecule has 7 heteroatoms. The average molecular weight is 413 g/mol. The van der Waals surface area contributed by atoms with Crippen molar-refractivity contribution in [1.82, 2.24) is 4.98 Å². The molecule has 0 fully saturated rings. The second-order valence-corrected chi connectivity index (χ2v) is 7.97. The molecule has 0 aliphatic heterocycles. The number of aromatic amines is 1. The number of H-pyrrole nitrogens is 1. The van der Waals surface area contributed by atoms with Gasteiger partial charge in [0.1, 0.15) is 0 Å². The molecule has 1 heterocycles. The third-order valence-corrected chi connectivity index (χ3v) is 5.34. The van der Waals surface area contributed by atoms with E-state index >= 15 is 0 Å². The first-order valence-corrected chi connectivity index (χ1v) is 9.17. The third-order valence-electron chi connectivity index (χ3n) is 5.34. The van der Waals surface area contributed by atoms with Crippen molar-refractivity contribution in [2.75, 3.05) is 0 Å². The zero-order chi connectivity index (χ0) is 21.4. The summed E-state index contributed by atoms with van der Waals surface area (Å²) in [6, 6.07) is 11.4. The molecule has 0 saturated heterocycles. The van der Waals surface area contributed by atoms with Gasteiger partial charge >= 0.3 is 12.4 Å². The number of hydrogen-bond donors (Lipinski definition) is 1. The van der Waals surface area contributed by atoms with Crippen molar-refractivity contribution in [1.29, 1.82) is 0 Å². The molecule has 0 saturated carbocycles. The summed E-state index contributed by atoms with van der Waals surface area (Å²) in [5, 5.41) is 0.721. The Bertz CT molecular complexity index is 981. The number of nitrogens with one attached hydrogen (secondary N) is 1. The van der Waals surface area contributed by atoms with Gasteiger partial charge in [-0.1, -0.05) is 44.2 Å². The first-order valence-electron chi connectivity index (χ1n) is 9.17. The van der Waals surface area contributed by atoms with Gasteiger partial charge in [-0.05, 0) is 47.6 Å². The highest BCUT2D eigenvalue weighted by Gasteiger charge is 2.43. The van der Waals surface area contributed by atoms with Crippen LogP contribution in [0.4, 0.5) is 26.3 Å². The smallest absolute Gasteiger partial charge is 0.361 e. The molecule has 29 heavy (non-hydrogen) atoms. The van der Waals surface area contributed by atoms with Crippen molar-refractivity contribution in [3.8, 4) is 0 Å². The van der Waals surface area contributed by atoms with Crippen LogP contribution in [0.1, 0.15) is 37.0 Å². The molecule has 0 aliphatic rings. The van der Waals surface area contributed by atoms with E-state index in [1.165, 1.54) is 12.1 Å². The Morgan fingerprint density at radius 3 is 2.17 bits per heavy atom. The fraction of sp³-hybridized carbons (Fsp3) is 0.364. The Kier molecular flexibility index (Phi) is 5.45. The fourth-order valence-electron chi connectivity index (χ4n) is 3.75. The summed E-state index contributed by atoms with van der Waals surface area (Å²) in [6.45, 7) is 3.11. The van der Waals surface area contributed by atoms with Gasteiger partial charge in [0.25, 0.3) is 0 Å². The number of halogens is 6. The predicted molar refractivity (Wildman–Crippen MR) is 101 cm³/mol. The van der Waals surface area contributed by atoms with E-state index in [0.717, 1.165) is 23.0 Å². The summed E-state index contributed by atoms with van der Waals surface area (Å²) in [7, 11) is 0. The molecule has 3 aromatic rings. The lowest BCUT2D eigenvalue weighted by molar-refractivity contribution is -0.179. The van der Waals surface area contributed by atoms with Gasteiger partial charge < -0.3 is 4.98 Å². The molecule has 2 aromatic carbocycles. The van der Waals surface area contributed by atoms with Gasteiger partial charge in [-0.25, -0.2) is 0 Å². The predicted octanol–water partition coefficient (Wildman–Crippen LogP) is 7.28. The van der Waals surface area contributed by atoms with E-state index in [0.29, 0.717) is 5.56 Å². The van der Waals surface area contributed by atoms with Crippen molar-refractivity contribution in [3.63, 3.8) is 0 Å². The van der Waals surface area contributed by atoms with E-state index < -0.39 is 29.2 Å². The van der Waals surface area contributed by atoms with Gasteiger partial charge in [-0.15, -0.1) is 0 Å². The first-order chi connectivity index (χ1) is 13.4. The minimum Gasteiger partial charge on any atom is -0.361 e. The van der Waals surface area contributed by atoms with Crippen LogP contribution in [0.2, 0.25) is 0 Å². The Morgan fingerprint density at radius 1 is 0.862 bits per heavy atom. The third kappa shape index (κ3) is 4.77. The minimum absolute atomic E-state index is 0.235. The molecule has 0 spiro atoms. The molecule has 0 radical (unpaired) electrons. The van der Waals surface area contributed by atoms with E-state index in [1.807, 2.05) is 0 Å². The Balaban J connectivity index is 1.91. The fourth-order valence-corrected chi connectivity index (χ4v) is 3.75. The van der Waals surface area contributed by atoms with Crippen molar-refractivity contribution < 1.29 is 26.3 Å². The Labute approximate surface area is 164 Å². The largest absolute Gasteiger partial charge is 0.416 e. The van der Waals surface area contributed by atoms with E-state index in [-0.39, 0.29) is 18.4 Å². The van der Waals surface area contributed by atoms with Crippen LogP contribution in [0.15, 0.2) is 54.7 Å². The van der Waals surface area contributed by atoms with Gasteiger partial charge in [0, 0.05) is 17.1 Å². The molecule has 1 nitrogen and oxygen atoms in total. The average Bonchev–Trinajstić information content (AvgIpc) is 3.09. The molecule has 156 valence electrons. The number of rotatable bonds is 5. The van der Waals surface area contributed by atoms with Crippen molar-refractivity contribution in [2.24, 2.45) is 5.92 Å². The van der Waals surface area contributed by atoms with Gasteiger partial charge in [0.05, 0.1) is 11.5 Å². The highest BCUT2D eigenvalue weighted by Crippen LogP contribution is 2.41. The number of fused-ring (bicyclic) bond motifs is 1. The highest BCUT2D eigenvalue weighted by atomic mass is 19.4. The van der Waals surface area contributed by atoms with E-state index in [4.69, 9.17) is 0 Å². The lowest BCUT2D eigenvalue weighted by atomic mass is 9.75. The highest BCUT2D eigenvalue weighted by molar-refractivity contribution is 5.82. The van der Waals surface area contributed by atoms with Crippen molar-refractivity contribution >= 4 is 10.9 Å². The quantitative estimate of drug-likeness (QED) is 0.423. The van der Waals surface area contributed by atoms with Crippen molar-refractivity contribution in [2.45, 2.75) is 44.5 Å². The summed E-state index contributed by atoms with van der Waals surface area (Å²) >= 11 is 0. The lowest BCUT2D eigenvalue weighted by Crippen LogP contribution is -2.32. The Morgan fingerprint density at radius 2 is 1.52 bits per heavy atom. The molecule has 1 aromatic heterocycles. The zero-order valence-electron chi connectivity index (χ0n) is 16.0. The van der Waals surface area contributed by atoms with Crippen LogP contribution >= 0.6 is 0 Å². The maximum atomic E-state index is 13.9. The standard InChI is InChI=1S/C22H21F6N/c1-20(2,15-6-4-7-16(12-15)21(23,24)25)13-17(22(26,27)28)11-14-5-3-8-19-18(14)9-10-29-19/h3-10,12,17,29H,11,13H2,1-2H3. The van der Waals surface area contributed by atoms with E-state index in [1.54, 1.807) is 44.3 Å². The van der Waals surface area contributed by atoms with Crippen LogP contribution in [-0.2, 0) is 18.0 Å². The monoisotopic (exact) mass is 413 g/mol. The van der Waals surface area contributed by atoms with Gasteiger partial charge in [0.15, 0.2) is 0 Å². The lowest BCUT2D eigenvalue weighted by Gasteiger charge is -2.32. The summed E-state index contributed by atoms with van der Waals surface area (Å²) < 4.78 is 80.7. The van der Waals surface area contributed by atoms with E-state index in [9.17, 15) is 26.3 Å². The maximum absolute atomic E-state index is 13.9. The molecule has 0 amide bonds. The van der Waals surface area contributed by atoms with Crippen LogP contribution in [0.25, 0.3) is 10.9 Å². The van der Waals surface area contributed by atoms with Gasteiger partial charge in [0.2, 0.25) is 0 Å². The van der Waals surface area contributed by atoms with Crippen LogP contribution < -0.4 is 0 Å². The van der Waals surface area contributed by atoms with Crippen LogP contribution in [-0.4, -0.2) is 11.2 Å². The van der Waals surface area contributed by atoms with Crippen molar-refractivity contribution in [3.05, 3.63) is 71.4 Å². The second kappa shape index (κ2) is 7.43. The normalized spacial score (nSPS) is 14.3. The minimum atomic E-state index is -4.54. The van der Waals surface area contributed by atoms with Gasteiger partial charge in [-0.3, -0.25) is 0 Å². The number of alkyl halides is 6. The molecular weight excluding hydrogens is 392 g/mol. The van der Waals surface area contributed by atoms with E-state index in [2.05, 4.69) is 4.98 Å². The van der Waals surface area contributed by atoms with Crippen LogP contribution in [0.5, 0.6) is 0 Å². The number of benzene rings is 2. The zero-order valence-corrected chi connectivity index (χ0v) is 16.0. The summed E-state index contributed by atoms with van der Waals surface area (Å²) in [5.74, 6) is -1.69. The molecule has 1 N–H and O–H groups in total. The SMILES string of the molecule is CC(C)(CC(Cc1cccc2[nH]ccc12)C(F)(F)F)c1cccc(C(F)(F)F)c1. The molecule has 0 aliphatic carbocycles. The molecule has 3 rings (SSSR count). The second-order valence-electron chi connectivity index (χ2n) is 7.97.